The predicted octanol–water partition coefficient (Wildman–Crippen LogP) is 4.78. The Morgan fingerprint density at radius 3 is 2.59 bits per heavy atom. The average Bonchev–Trinajstić information content (AvgIpc) is 2.73. The van der Waals surface area contributed by atoms with Gasteiger partial charge in [0.15, 0.2) is 11.6 Å². The standard InChI is InChI=1S/C22H20ClFN2O5S/c23-15-5-3-6-16(13-15)26-32(29,30)17-10-11-20(27)19(14-17)25-22(28)9-4-12-31-21-8-2-1-7-18(21)24/h1-3,5-8,10-11,13-14,26-27H,4,9,12H2,(H,25,28). The number of phenolic OH excluding ortho intramolecular Hbond substituents is 1. The fourth-order valence-electron chi connectivity index (χ4n) is 2.74. The quantitative estimate of drug-likeness (QED) is 0.303. The van der Waals surface area contributed by atoms with Crippen LogP contribution >= 0.6 is 11.6 Å². The summed E-state index contributed by atoms with van der Waals surface area (Å²) < 4.78 is 46.5. The van der Waals surface area contributed by atoms with Crippen LogP contribution in [0.5, 0.6) is 11.5 Å². The molecule has 0 aliphatic rings. The first-order chi connectivity index (χ1) is 15.2. The molecule has 0 aromatic heterocycles. The Balaban J connectivity index is 1.60. The third kappa shape index (κ3) is 6.35. The van der Waals surface area contributed by atoms with Crippen molar-refractivity contribution in [2.24, 2.45) is 0 Å². The van der Waals surface area contributed by atoms with Gasteiger partial charge in [0.2, 0.25) is 5.91 Å². The highest BCUT2D eigenvalue weighted by Gasteiger charge is 2.17. The highest BCUT2D eigenvalue weighted by molar-refractivity contribution is 7.92. The van der Waals surface area contributed by atoms with Gasteiger partial charge in [-0.05, 0) is 55.0 Å². The van der Waals surface area contributed by atoms with Crippen LogP contribution in [0.1, 0.15) is 12.8 Å². The maximum Gasteiger partial charge on any atom is 0.261 e. The molecule has 0 aliphatic carbocycles. The average molecular weight is 479 g/mol. The highest BCUT2D eigenvalue weighted by atomic mass is 35.5. The molecular weight excluding hydrogens is 459 g/mol. The first kappa shape index (κ1) is 23.4. The minimum absolute atomic E-state index is 0.0195. The number of anilines is 2. The van der Waals surface area contributed by atoms with Crippen LogP contribution in [-0.2, 0) is 14.8 Å². The summed E-state index contributed by atoms with van der Waals surface area (Å²) in [5.41, 5.74) is 0.213. The smallest absolute Gasteiger partial charge is 0.261 e. The van der Waals surface area contributed by atoms with Crippen LogP contribution in [0, 0.1) is 5.82 Å². The number of aromatic hydroxyl groups is 1. The van der Waals surface area contributed by atoms with E-state index in [-0.39, 0.29) is 47.2 Å². The molecule has 1 amide bonds. The molecule has 0 spiro atoms. The molecule has 32 heavy (non-hydrogen) atoms. The number of ether oxygens (including phenoxy) is 1. The summed E-state index contributed by atoms with van der Waals surface area (Å²) in [6.45, 7) is 0.109. The van der Waals surface area contributed by atoms with Crippen LogP contribution in [0.2, 0.25) is 5.02 Å². The van der Waals surface area contributed by atoms with Gasteiger partial charge in [0.05, 0.1) is 22.9 Å². The maximum atomic E-state index is 13.5. The van der Waals surface area contributed by atoms with E-state index in [0.717, 1.165) is 6.07 Å². The van der Waals surface area contributed by atoms with E-state index in [1.807, 2.05) is 0 Å². The molecule has 0 bridgehead atoms. The van der Waals surface area contributed by atoms with Gasteiger partial charge >= 0.3 is 0 Å². The largest absolute Gasteiger partial charge is 0.506 e. The number of halogens is 2. The predicted molar refractivity (Wildman–Crippen MR) is 120 cm³/mol. The molecule has 0 atom stereocenters. The van der Waals surface area contributed by atoms with Crippen LogP contribution in [0.4, 0.5) is 15.8 Å². The first-order valence-corrected chi connectivity index (χ1v) is 11.4. The zero-order valence-electron chi connectivity index (χ0n) is 16.7. The Morgan fingerprint density at radius 1 is 1.06 bits per heavy atom. The van der Waals surface area contributed by atoms with Crippen molar-refractivity contribution in [3.05, 3.63) is 77.6 Å². The van der Waals surface area contributed by atoms with Gasteiger partial charge in [0.25, 0.3) is 10.0 Å². The van der Waals surface area contributed by atoms with Crippen molar-refractivity contribution in [1.29, 1.82) is 0 Å². The second kappa shape index (κ2) is 10.3. The zero-order chi connectivity index (χ0) is 23.1. The van der Waals surface area contributed by atoms with E-state index < -0.39 is 21.7 Å². The van der Waals surface area contributed by atoms with Crippen LogP contribution in [0.15, 0.2) is 71.6 Å². The third-order valence-corrected chi connectivity index (χ3v) is 5.89. The van der Waals surface area contributed by atoms with Crippen LogP contribution < -0.4 is 14.8 Å². The Morgan fingerprint density at radius 2 is 1.84 bits per heavy atom. The number of phenols is 1. The van der Waals surface area contributed by atoms with Crippen molar-refractivity contribution in [2.75, 3.05) is 16.6 Å². The minimum atomic E-state index is -3.99. The molecule has 0 aliphatic heterocycles. The Hall–Kier alpha value is -3.30. The second-order valence-electron chi connectivity index (χ2n) is 6.73. The molecule has 0 heterocycles. The van der Waals surface area contributed by atoms with E-state index in [2.05, 4.69) is 10.0 Å². The van der Waals surface area contributed by atoms with Gasteiger partial charge in [-0.3, -0.25) is 9.52 Å². The molecule has 0 saturated carbocycles. The van der Waals surface area contributed by atoms with E-state index in [0.29, 0.717) is 5.02 Å². The third-order valence-electron chi connectivity index (χ3n) is 4.27. The molecule has 3 rings (SSSR count). The summed E-state index contributed by atoms with van der Waals surface area (Å²) in [5.74, 6) is -1.15. The van der Waals surface area contributed by atoms with E-state index in [1.54, 1.807) is 24.3 Å². The van der Waals surface area contributed by atoms with Gasteiger partial charge < -0.3 is 15.2 Å². The van der Waals surface area contributed by atoms with E-state index in [9.17, 15) is 22.7 Å². The molecule has 10 heteroatoms. The lowest BCUT2D eigenvalue weighted by molar-refractivity contribution is -0.116. The lowest BCUT2D eigenvalue weighted by Gasteiger charge is -2.12. The van der Waals surface area contributed by atoms with E-state index in [4.69, 9.17) is 16.3 Å². The lowest BCUT2D eigenvalue weighted by atomic mass is 10.2. The van der Waals surface area contributed by atoms with Crippen LogP contribution in [0.25, 0.3) is 0 Å². The topological polar surface area (TPSA) is 105 Å². The second-order valence-corrected chi connectivity index (χ2v) is 8.84. The van der Waals surface area contributed by atoms with Gasteiger partial charge in [0.1, 0.15) is 5.75 Å². The van der Waals surface area contributed by atoms with Crippen molar-refractivity contribution in [2.45, 2.75) is 17.7 Å². The Kier molecular flexibility index (Phi) is 7.55. The highest BCUT2D eigenvalue weighted by Crippen LogP contribution is 2.28. The summed E-state index contributed by atoms with van der Waals surface area (Å²) in [4.78, 5) is 12.0. The number of hydrogen-bond acceptors (Lipinski definition) is 5. The number of sulfonamides is 1. The Labute approximate surface area is 189 Å². The number of benzene rings is 3. The zero-order valence-corrected chi connectivity index (χ0v) is 18.3. The molecule has 0 radical (unpaired) electrons. The molecule has 3 N–H and O–H groups in total. The molecule has 168 valence electrons. The van der Waals surface area contributed by atoms with Crippen molar-refractivity contribution in [3.63, 3.8) is 0 Å². The SMILES string of the molecule is O=C(CCCOc1ccccc1F)Nc1cc(S(=O)(=O)Nc2cccc(Cl)c2)ccc1O. The molecule has 0 saturated heterocycles. The maximum absolute atomic E-state index is 13.5. The normalized spacial score (nSPS) is 11.1. The monoisotopic (exact) mass is 478 g/mol. The first-order valence-electron chi connectivity index (χ1n) is 9.53. The number of nitrogens with one attached hydrogen (secondary N) is 2. The number of carbonyl (C=O) groups is 1. The van der Waals surface area contributed by atoms with Crippen LogP contribution in [0.3, 0.4) is 0 Å². The van der Waals surface area contributed by atoms with Crippen molar-refractivity contribution in [1.82, 2.24) is 0 Å². The van der Waals surface area contributed by atoms with E-state index in [1.165, 1.54) is 36.4 Å². The summed E-state index contributed by atoms with van der Waals surface area (Å²) >= 11 is 5.87. The molecule has 3 aromatic rings. The van der Waals surface area contributed by atoms with Gasteiger partial charge in [-0.15, -0.1) is 0 Å². The number of amides is 1. The molecule has 7 nitrogen and oxygen atoms in total. The number of para-hydroxylation sites is 1. The van der Waals surface area contributed by atoms with Gasteiger partial charge in [-0.2, -0.15) is 0 Å². The van der Waals surface area contributed by atoms with Crippen molar-refractivity contribution < 1.29 is 27.4 Å². The van der Waals surface area contributed by atoms with Crippen molar-refractivity contribution >= 4 is 38.9 Å². The summed E-state index contributed by atoms with van der Waals surface area (Å²) in [6, 6.07) is 15.6. The fraction of sp³-hybridized carbons (Fsp3) is 0.136. The number of hydrogen-bond donors (Lipinski definition) is 3. The molecule has 3 aromatic carbocycles. The molecular formula is C22H20ClFN2O5S. The van der Waals surface area contributed by atoms with Crippen LogP contribution in [-0.4, -0.2) is 26.0 Å². The Bertz CT molecular complexity index is 1220. The van der Waals surface area contributed by atoms with Gasteiger partial charge in [0, 0.05) is 11.4 Å². The summed E-state index contributed by atoms with van der Waals surface area (Å²) in [7, 11) is -3.99. The lowest BCUT2D eigenvalue weighted by Crippen LogP contribution is -2.15. The number of carbonyl (C=O) groups excluding carboxylic acids is 1. The van der Waals surface area contributed by atoms with Gasteiger partial charge in [-0.25, -0.2) is 12.8 Å². The minimum Gasteiger partial charge on any atom is -0.506 e. The summed E-state index contributed by atoms with van der Waals surface area (Å²) in [6.07, 6.45) is 0.306. The van der Waals surface area contributed by atoms with E-state index >= 15 is 0 Å². The molecule has 0 unspecified atom stereocenters. The van der Waals surface area contributed by atoms with Crippen molar-refractivity contribution in [3.8, 4) is 11.5 Å². The fourth-order valence-corrected chi connectivity index (χ4v) is 4.00. The number of rotatable bonds is 9. The summed E-state index contributed by atoms with van der Waals surface area (Å²) in [5, 5.41) is 12.9. The van der Waals surface area contributed by atoms with Gasteiger partial charge in [-0.1, -0.05) is 29.8 Å². The molecule has 0 fully saturated rings.